The topological polar surface area (TPSA) is 168 Å². The number of aliphatic imine (C=N–C) groups is 1. The summed E-state index contributed by atoms with van der Waals surface area (Å²) in [6.07, 6.45) is 2.46. The van der Waals surface area contributed by atoms with Gasteiger partial charge in [0.2, 0.25) is 5.91 Å². The molecule has 1 saturated heterocycles. The Hall–Kier alpha value is -4.32. The highest BCUT2D eigenvalue weighted by atomic mass is 16.5. The minimum atomic E-state index is -0.573. The fourth-order valence-electron chi connectivity index (χ4n) is 4.28. The van der Waals surface area contributed by atoms with Gasteiger partial charge in [-0.1, -0.05) is 18.2 Å². The number of nitrogens with two attached hydrogens (primary N) is 2. The zero-order valence-corrected chi connectivity index (χ0v) is 21.6. The van der Waals surface area contributed by atoms with Gasteiger partial charge in [-0.05, 0) is 60.1 Å². The van der Waals surface area contributed by atoms with Crippen molar-refractivity contribution in [3.63, 3.8) is 0 Å². The number of hydrazine groups is 1. The van der Waals surface area contributed by atoms with Crippen molar-refractivity contribution in [3.05, 3.63) is 71.3 Å². The average molecular weight is 532 g/mol. The largest absolute Gasteiger partial charge is 0.423 e. The second-order valence-corrected chi connectivity index (χ2v) is 9.11. The molecule has 1 aliphatic rings. The number of hydrogen-bond donors (Lipinski definition) is 5. The summed E-state index contributed by atoms with van der Waals surface area (Å²) in [4.78, 5) is 31.3. The van der Waals surface area contributed by atoms with E-state index in [0.717, 1.165) is 51.2 Å². The molecule has 204 valence electrons. The van der Waals surface area contributed by atoms with Crippen LogP contribution in [-0.4, -0.2) is 68.3 Å². The first-order chi connectivity index (χ1) is 18.9. The minimum Gasteiger partial charge on any atom is -0.423 e. The lowest BCUT2D eigenvalue weighted by Crippen LogP contribution is -2.39. The van der Waals surface area contributed by atoms with Gasteiger partial charge in [-0.15, -0.1) is 0 Å². The predicted molar refractivity (Wildman–Crippen MR) is 150 cm³/mol. The quantitative estimate of drug-likeness (QED) is 0.0589. The molecule has 3 aromatic rings. The van der Waals surface area contributed by atoms with Gasteiger partial charge in [-0.2, -0.15) is 0 Å². The van der Waals surface area contributed by atoms with Crippen molar-refractivity contribution in [1.29, 1.82) is 5.41 Å². The van der Waals surface area contributed by atoms with Crippen LogP contribution in [0, 0.1) is 5.41 Å². The number of ether oxygens (including phenoxy) is 2. The van der Waals surface area contributed by atoms with E-state index in [9.17, 15) is 9.59 Å². The Balaban J connectivity index is 1.33. The van der Waals surface area contributed by atoms with Crippen molar-refractivity contribution >= 4 is 40.5 Å². The number of nitrogen functional groups attached to an aromatic ring is 1. The molecule has 0 aromatic heterocycles. The van der Waals surface area contributed by atoms with Gasteiger partial charge in [-0.25, -0.2) is 15.2 Å². The maximum absolute atomic E-state index is 12.9. The fraction of sp³-hybridized carbons (Fsp3) is 0.286. The number of rotatable bonds is 12. The molecule has 3 aromatic carbocycles. The molecular formula is C28H33N7O4. The van der Waals surface area contributed by atoms with Crippen LogP contribution in [0.15, 0.2) is 59.6 Å². The van der Waals surface area contributed by atoms with E-state index in [2.05, 4.69) is 20.7 Å². The number of esters is 1. The number of morpholine rings is 1. The Kier molecular flexibility index (Phi) is 9.57. The predicted octanol–water partition coefficient (Wildman–Crippen LogP) is 1.85. The number of amides is 1. The van der Waals surface area contributed by atoms with E-state index in [1.807, 2.05) is 0 Å². The smallest absolute Gasteiger partial charge is 0.343 e. The fourth-order valence-corrected chi connectivity index (χ4v) is 4.28. The number of primary amides is 1. The van der Waals surface area contributed by atoms with Crippen LogP contribution in [0.25, 0.3) is 10.8 Å². The van der Waals surface area contributed by atoms with Crippen LogP contribution < -0.4 is 27.1 Å². The zero-order valence-electron chi connectivity index (χ0n) is 21.6. The number of carbonyl (C=O) groups excluding carboxylic acids is 2. The number of amidine groups is 1. The second-order valence-electron chi connectivity index (χ2n) is 9.11. The summed E-state index contributed by atoms with van der Waals surface area (Å²) < 4.78 is 11.0. The maximum Gasteiger partial charge on any atom is 0.343 e. The number of carbonyl (C=O) groups is 2. The van der Waals surface area contributed by atoms with E-state index in [1.54, 1.807) is 60.9 Å². The van der Waals surface area contributed by atoms with E-state index in [4.69, 9.17) is 26.4 Å². The summed E-state index contributed by atoms with van der Waals surface area (Å²) in [6.45, 7) is 5.41. The molecule has 0 radical (unpaired) electrons. The number of hydrogen-bond acceptors (Lipinski definition) is 8. The normalized spacial score (nSPS) is 13.9. The van der Waals surface area contributed by atoms with Gasteiger partial charge in [0.25, 0.3) is 0 Å². The molecule has 11 nitrogen and oxygen atoms in total. The first-order valence-corrected chi connectivity index (χ1v) is 12.7. The van der Waals surface area contributed by atoms with Gasteiger partial charge >= 0.3 is 5.97 Å². The van der Waals surface area contributed by atoms with Crippen LogP contribution in [0.3, 0.4) is 0 Å². The van der Waals surface area contributed by atoms with E-state index >= 15 is 0 Å². The molecule has 1 fully saturated rings. The summed E-state index contributed by atoms with van der Waals surface area (Å²) >= 11 is 0. The standard InChI is InChI=1S/C28H33N7O4/c29-26(36)17-24-23-8-4-21(27(30)31)16-20(23)5-9-25(24)39-28(37)19-2-6-22(7-3-19)32-18-34-33-10-1-11-35-12-14-38-15-13-35/h2-9,16,18,33H,1,10-15,17H2,(H2,29,36)(H3,30,31)(H,32,34). The Morgan fingerprint density at radius 1 is 1.05 bits per heavy atom. The van der Waals surface area contributed by atoms with Crippen molar-refractivity contribution in [2.45, 2.75) is 12.8 Å². The van der Waals surface area contributed by atoms with Gasteiger partial charge in [0.05, 0.1) is 30.9 Å². The molecule has 0 bridgehead atoms. The lowest BCUT2D eigenvalue weighted by molar-refractivity contribution is -0.117. The number of nitrogens with zero attached hydrogens (tertiary/aromatic N) is 2. The van der Waals surface area contributed by atoms with E-state index in [-0.39, 0.29) is 18.0 Å². The van der Waals surface area contributed by atoms with Crippen LogP contribution in [0.2, 0.25) is 0 Å². The Morgan fingerprint density at radius 2 is 1.79 bits per heavy atom. The molecule has 0 spiro atoms. The number of benzene rings is 3. The molecule has 39 heavy (non-hydrogen) atoms. The van der Waals surface area contributed by atoms with Crippen LogP contribution >= 0.6 is 0 Å². The number of nitrogens with one attached hydrogen (secondary N) is 3. The van der Waals surface area contributed by atoms with Gasteiger partial charge in [-0.3, -0.25) is 15.1 Å². The molecule has 0 aliphatic carbocycles. The van der Waals surface area contributed by atoms with E-state index < -0.39 is 11.9 Å². The molecule has 0 unspecified atom stereocenters. The Bertz CT molecular complexity index is 1350. The Morgan fingerprint density at radius 3 is 2.51 bits per heavy atom. The van der Waals surface area contributed by atoms with Crippen molar-refractivity contribution in [3.8, 4) is 5.75 Å². The molecule has 1 amide bonds. The van der Waals surface area contributed by atoms with Crippen LogP contribution in [-0.2, 0) is 16.0 Å². The third-order valence-corrected chi connectivity index (χ3v) is 6.32. The summed E-state index contributed by atoms with van der Waals surface area (Å²) in [5.41, 5.74) is 19.2. The molecule has 0 atom stereocenters. The first kappa shape index (κ1) is 27.7. The summed E-state index contributed by atoms with van der Waals surface area (Å²) in [7, 11) is 0. The molecule has 0 saturated carbocycles. The van der Waals surface area contributed by atoms with Gasteiger partial charge in [0.1, 0.15) is 17.9 Å². The lowest BCUT2D eigenvalue weighted by atomic mass is 9.98. The summed E-state index contributed by atoms with van der Waals surface area (Å²) in [6, 6.07) is 15.2. The lowest BCUT2D eigenvalue weighted by Gasteiger charge is -2.26. The minimum absolute atomic E-state index is 0.0665. The monoisotopic (exact) mass is 531 g/mol. The third-order valence-electron chi connectivity index (χ3n) is 6.32. The summed E-state index contributed by atoms with van der Waals surface area (Å²) in [5.74, 6) is -0.954. The van der Waals surface area contributed by atoms with Crippen molar-refractivity contribution in [2.24, 2.45) is 16.5 Å². The van der Waals surface area contributed by atoms with Gasteiger partial charge in [0.15, 0.2) is 0 Å². The molecule has 4 rings (SSSR count). The molecular weight excluding hydrogens is 498 g/mol. The SMILES string of the molecule is N=C(N)c1ccc2c(CC(N)=O)c(OC(=O)c3ccc(N=CNNCCCN4CCOCC4)cc3)ccc2c1. The van der Waals surface area contributed by atoms with Gasteiger partial charge in [0, 0.05) is 30.8 Å². The maximum atomic E-state index is 12.9. The average Bonchev–Trinajstić information content (AvgIpc) is 2.94. The zero-order chi connectivity index (χ0) is 27.6. The first-order valence-electron chi connectivity index (χ1n) is 12.7. The third kappa shape index (κ3) is 7.84. The highest BCUT2D eigenvalue weighted by Crippen LogP contribution is 2.30. The molecule has 7 N–H and O–H groups in total. The Labute approximate surface area is 226 Å². The van der Waals surface area contributed by atoms with Crippen LogP contribution in [0.5, 0.6) is 5.75 Å². The molecule has 1 heterocycles. The van der Waals surface area contributed by atoms with Crippen LogP contribution in [0.1, 0.15) is 27.9 Å². The van der Waals surface area contributed by atoms with Crippen molar-refractivity contribution in [2.75, 3.05) is 39.4 Å². The highest BCUT2D eigenvalue weighted by Gasteiger charge is 2.17. The van der Waals surface area contributed by atoms with Crippen LogP contribution in [0.4, 0.5) is 5.69 Å². The second kappa shape index (κ2) is 13.5. The highest BCUT2D eigenvalue weighted by molar-refractivity contribution is 6.01. The molecule has 11 heteroatoms. The van der Waals surface area contributed by atoms with E-state index in [1.165, 1.54) is 0 Å². The van der Waals surface area contributed by atoms with E-state index in [0.29, 0.717) is 27.8 Å². The number of fused-ring (bicyclic) bond motifs is 1. The van der Waals surface area contributed by atoms with Crippen molar-refractivity contribution in [1.82, 2.24) is 15.8 Å². The van der Waals surface area contributed by atoms with Crippen molar-refractivity contribution < 1.29 is 19.1 Å². The molecule has 1 aliphatic heterocycles. The summed E-state index contributed by atoms with van der Waals surface area (Å²) in [5, 5.41) is 9.08. The van der Waals surface area contributed by atoms with Gasteiger partial charge < -0.3 is 26.4 Å².